The van der Waals surface area contributed by atoms with Gasteiger partial charge in [-0.15, -0.1) is 0 Å². The minimum atomic E-state index is -0.352. The molecule has 1 aliphatic rings. The molecule has 0 aromatic heterocycles. The molecule has 0 bridgehead atoms. The molecule has 0 spiro atoms. The molecule has 130 valence electrons. The summed E-state index contributed by atoms with van der Waals surface area (Å²) in [7, 11) is 0. The van der Waals surface area contributed by atoms with E-state index in [0.717, 1.165) is 24.0 Å². The third-order valence-electron chi connectivity index (χ3n) is 4.11. The van der Waals surface area contributed by atoms with Crippen molar-refractivity contribution < 1.29 is 14.3 Å². The van der Waals surface area contributed by atoms with Crippen molar-refractivity contribution in [2.24, 2.45) is 5.92 Å². The summed E-state index contributed by atoms with van der Waals surface area (Å²) in [6.07, 6.45) is 6.75. The summed E-state index contributed by atoms with van der Waals surface area (Å²) >= 11 is 0. The van der Waals surface area contributed by atoms with Crippen LogP contribution in [0.5, 0.6) is 0 Å². The lowest BCUT2D eigenvalue weighted by molar-refractivity contribution is -0.148. The first-order valence-corrected chi connectivity index (χ1v) is 8.66. The molecule has 0 aliphatic heterocycles. The first-order valence-electron chi connectivity index (χ1n) is 8.66. The van der Waals surface area contributed by atoms with Gasteiger partial charge < -0.3 is 10.1 Å². The minimum Gasteiger partial charge on any atom is -0.463 e. The van der Waals surface area contributed by atoms with Crippen LogP contribution in [-0.2, 0) is 14.3 Å². The molecule has 0 fully saturated rings. The minimum absolute atomic E-state index is 0.0190. The largest absolute Gasteiger partial charge is 0.463 e. The van der Waals surface area contributed by atoms with E-state index in [1.165, 1.54) is 0 Å². The highest BCUT2D eigenvalue weighted by Crippen LogP contribution is 2.23. The number of carbonyl (C=O) groups excluding carboxylic acids is 2. The van der Waals surface area contributed by atoms with E-state index in [1.54, 1.807) is 0 Å². The van der Waals surface area contributed by atoms with Crippen LogP contribution in [0.15, 0.2) is 36.4 Å². The van der Waals surface area contributed by atoms with Gasteiger partial charge in [0.1, 0.15) is 0 Å². The summed E-state index contributed by atoms with van der Waals surface area (Å²) in [5.74, 6) is -0.00241. The maximum atomic E-state index is 12.4. The zero-order valence-corrected chi connectivity index (χ0v) is 14.7. The Morgan fingerprint density at radius 3 is 2.54 bits per heavy atom. The number of ether oxygens (including phenoxy) is 1. The number of allylic oxidation sites excluding steroid dienone is 2. The zero-order valence-electron chi connectivity index (χ0n) is 14.7. The molecule has 0 saturated carbocycles. The molecule has 2 rings (SSSR count). The van der Waals surface area contributed by atoms with Gasteiger partial charge in [0, 0.05) is 6.42 Å². The summed E-state index contributed by atoms with van der Waals surface area (Å²) in [5, 5.41) is 3.01. The van der Waals surface area contributed by atoms with Gasteiger partial charge in [0.15, 0.2) is 0 Å². The maximum absolute atomic E-state index is 12.4. The lowest BCUT2D eigenvalue weighted by Gasteiger charge is -2.20. The lowest BCUT2D eigenvalue weighted by Crippen LogP contribution is -2.32. The molecule has 1 aromatic carbocycles. The summed E-state index contributed by atoms with van der Waals surface area (Å²) < 4.78 is 5.24. The average molecular weight is 329 g/mol. The highest BCUT2D eigenvalue weighted by atomic mass is 16.5. The molecule has 4 heteroatoms. The molecular weight excluding hydrogens is 302 g/mol. The average Bonchev–Trinajstić information content (AvgIpc) is 2.99. The fourth-order valence-electron chi connectivity index (χ4n) is 2.89. The van der Waals surface area contributed by atoms with E-state index in [-0.39, 0.29) is 30.4 Å². The number of amides is 1. The Morgan fingerprint density at radius 1 is 1.25 bits per heavy atom. The second-order valence-corrected chi connectivity index (χ2v) is 6.74. The van der Waals surface area contributed by atoms with Gasteiger partial charge in [0.05, 0.1) is 18.6 Å². The third-order valence-corrected chi connectivity index (χ3v) is 4.11. The molecule has 1 aromatic rings. The van der Waals surface area contributed by atoms with Gasteiger partial charge in [-0.3, -0.25) is 9.59 Å². The molecule has 2 unspecified atom stereocenters. The Hall–Kier alpha value is -2.10. The van der Waals surface area contributed by atoms with Crippen LogP contribution in [0.1, 0.15) is 56.7 Å². The van der Waals surface area contributed by atoms with Gasteiger partial charge in [-0.2, -0.15) is 0 Å². The summed E-state index contributed by atoms with van der Waals surface area (Å²) in [4.78, 5) is 24.4. The number of esters is 1. The van der Waals surface area contributed by atoms with Crippen molar-refractivity contribution in [1.29, 1.82) is 0 Å². The zero-order chi connectivity index (χ0) is 17.5. The predicted molar refractivity (Wildman–Crippen MR) is 94.4 cm³/mol. The monoisotopic (exact) mass is 329 g/mol. The lowest BCUT2D eigenvalue weighted by atomic mass is 10.0. The van der Waals surface area contributed by atoms with Crippen molar-refractivity contribution in [1.82, 2.24) is 5.32 Å². The maximum Gasteiger partial charge on any atom is 0.308 e. The van der Waals surface area contributed by atoms with Crippen LogP contribution >= 0.6 is 0 Å². The normalized spacial score (nSPS) is 17.8. The fraction of sp³-hybridized carbons (Fsp3) is 0.500. The van der Waals surface area contributed by atoms with E-state index in [0.29, 0.717) is 12.3 Å². The highest BCUT2D eigenvalue weighted by molar-refractivity contribution is 5.78. The highest BCUT2D eigenvalue weighted by Gasteiger charge is 2.22. The van der Waals surface area contributed by atoms with Crippen LogP contribution in [0.3, 0.4) is 0 Å². The van der Waals surface area contributed by atoms with Crippen molar-refractivity contribution in [3.63, 3.8) is 0 Å². The summed E-state index contributed by atoms with van der Waals surface area (Å²) in [5.41, 5.74) is 2.07. The molecule has 2 atom stereocenters. The van der Waals surface area contributed by atoms with Crippen LogP contribution < -0.4 is 5.32 Å². The van der Waals surface area contributed by atoms with Gasteiger partial charge in [-0.1, -0.05) is 42.0 Å². The molecule has 1 amide bonds. The van der Waals surface area contributed by atoms with Crippen LogP contribution in [0, 0.1) is 12.8 Å². The number of rotatable bonds is 7. The van der Waals surface area contributed by atoms with E-state index < -0.39 is 0 Å². The molecule has 4 nitrogen and oxygen atoms in total. The van der Waals surface area contributed by atoms with E-state index in [2.05, 4.69) is 17.5 Å². The van der Waals surface area contributed by atoms with Gasteiger partial charge in [0.2, 0.25) is 5.91 Å². The SMILES string of the molecule is Cc1ccc(C(CC(=O)OC(C)C)NC(=O)CC2C=CCC2)cc1. The Bertz CT molecular complexity index is 589. The number of carbonyl (C=O) groups is 2. The topological polar surface area (TPSA) is 55.4 Å². The van der Waals surface area contributed by atoms with Crippen molar-refractivity contribution in [3.05, 3.63) is 47.5 Å². The van der Waals surface area contributed by atoms with Crippen molar-refractivity contribution in [2.45, 2.75) is 58.6 Å². The first kappa shape index (κ1) is 18.2. The molecular formula is C20H27NO3. The molecule has 0 saturated heterocycles. The Kier molecular flexibility index (Phi) is 6.59. The molecule has 1 aliphatic carbocycles. The van der Waals surface area contributed by atoms with Crippen molar-refractivity contribution in [2.75, 3.05) is 0 Å². The van der Waals surface area contributed by atoms with Crippen molar-refractivity contribution in [3.8, 4) is 0 Å². The second kappa shape index (κ2) is 8.67. The number of hydrogen-bond donors (Lipinski definition) is 1. The van der Waals surface area contributed by atoms with E-state index in [4.69, 9.17) is 4.74 Å². The first-order chi connectivity index (χ1) is 11.4. The number of aryl methyl sites for hydroxylation is 1. The number of nitrogens with one attached hydrogen (secondary N) is 1. The van der Waals surface area contributed by atoms with Crippen LogP contribution in [0.2, 0.25) is 0 Å². The second-order valence-electron chi connectivity index (χ2n) is 6.74. The summed E-state index contributed by atoms with van der Waals surface area (Å²) in [6.45, 7) is 5.66. The standard InChI is InChI=1S/C20H27NO3/c1-14(2)24-20(23)13-18(17-10-8-15(3)9-11-17)21-19(22)12-16-6-4-5-7-16/h4,6,8-11,14,16,18H,5,7,12-13H2,1-3H3,(H,21,22). The van der Waals surface area contributed by atoms with Gasteiger partial charge in [0.25, 0.3) is 0 Å². The predicted octanol–water partition coefficient (Wildman–Crippen LogP) is 3.85. The molecule has 1 N–H and O–H groups in total. The van der Waals surface area contributed by atoms with Gasteiger partial charge >= 0.3 is 5.97 Å². The quantitative estimate of drug-likeness (QED) is 0.610. The number of hydrogen-bond acceptors (Lipinski definition) is 3. The van der Waals surface area contributed by atoms with E-state index in [1.807, 2.05) is 45.0 Å². The molecule has 0 radical (unpaired) electrons. The van der Waals surface area contributed by atoms with Crippen molar-refractivity contribution >= 4 is 11.9 Å². The third kappa shape index (κ3) is 5.84. The number of benzene rings is 1. The smallest absolute Gasteiger partial charge is 0.308 e. The fourth-order valence-corrected chi connectivity index (χ4v) is 2.89. The van der Waals surface area contributed by atoms with Crippen LogP contribution in [0.25, 0.3) is 0 Å². The van der Waals surface area contributed by atoms with Gasteiger partial charge in [-0.25, -0.2) is 0 Å². The summed E-state index contributed by atoms with van der Waals surface area (Å²) in [6, 6.07) is 7.54. The van der Waals surface area contributed by atoms with E-state index >= 15 is 0 Å². The molecule has 24 heavy (non-hydrogen) atoms. The Balaban J connectivity index is 2.03. The van der Waals surface area contributed by atoms with Crippen LogP contribution in [-0.4, -0.2) is 18.0 Å². The van der Waals surface area contributed by atoms with Gasteiger partial charge in [-0.05, 0) is 45.1 Å². The Labute approximate surface area is 144 Å². The van der Waals surface area contributed by atoms with Crippen LogP contribution in [0.4, 0.5) is 0 Å². The Morgan fingerprint density at radius 2 is 1.96 bits per heavy atom. The molecule has 0 heterocycles. The van der Waals surface area contributed by atoms with E-state index in [9.17, 15) is 9.59 Å².